The lowest BCUT2D eigenvalue weighted by Gasteiger charge is -2.13. The molecule has 170 valence electrons. The van der Waals surface area contributed by atoms with Crippen LogP contribution in [0.2, 0.25) is 5.02 Å². The van der Waals surface area contributed by atoms with Crippen molar-refractivity contribution in [1.82, 2.24) is 20.1 Å². The Morgan fingerprint density at radius 3 is 2.69 bits per heavy atom. The third-order valence-corrected chi connectivity index (χ3v) is 6.77. The first-order chi connectivity index (χ1) is 15.5. The summed E-state index contributed by atoms with van der Waals surface area (Å²) in [7, 11) is 0. The van der Waals surface area contributed by atoms with Crippen molar-refractivity contribution >= 4 is 47.0 Å². The number of aliphatic imine (C=N–C) groups is 1. The highest BCUT2D eigenvalue weighted by Gasteiger charge is 2.32. The Labute approximate surface area is 205 Å². The Kier molecular flexibility index (Phi) is 6.83. The van der Waals surface area contributed by atoms with E-state index >= 15 is 0 Å². The number of nitrogens with zero attached hydrogens (tertiary/aromatic N) is 4. The number of benzene rings is 1. The molecule has 4 rings (SSSR count). The van der Waals surface area contributed by atoms with Gasteiger partial charge < -0.3 is 11.1 Å². The van der Waals surface area contributed by atoms with Gasteiger partial charge in [0.2, 0.25) is 5.91 Å². The van der Waals surface area contributed by atoms with Crippen molar-refractivity contribution in [2.75, 3.05) is 13.0 Å². The standard InChI is InChI=1S/C22H25ClN6OS.ClH/c1-12-13(2)31-22-19(12)20(15-5-7-16(23)8-6-15)26-17(11-18(30)25-10-4-9-24)21-28-27-14(3)29(21)22;/h5-8,17H,4,9-11,24H2,1-3H3,(H,25,30);1H/t17-;/m0./s1/i9D2;. The number of amides is 1. The molecule has 0 saturated carbocycles. The number of rotatable bonds is 6. The van der Waals surface area contributed by atoms with Crippen molar-refractivity contribution in [3.05, 3.63) is 62.5 Å². The topological polar surface area (TPSA) is 98.2 Å². The van der Waals surface area contributed by atoms with E-state index in [0.29, 0.717) is 10.8 Å². The van der Waals surface area contributed by atoms with Crippen molar-refractivity contribution in [3.63, 3.8) is 0 Å². The molecule has 1 atom stereocenters. The predicted molar refractivity (Wildman–Crippen MR) is 132 cm³/mol. The third kappa shape index (κ3) is 4.59. The van der Waals surface area contributed by atoms with E-state index in [0.717, 1.165) is 33.2 Å². The molecule has 32 heavy (non-hydrogen) atoms. The summed E-state index contributed by atoms with van der Waals surface area (Å²) in [6, 6.07) is 6.94. The molecule has 7 nitrogen and oxygen atoms in total. The van der Waals surface area contributed by atoms with Gasteiger partial charge in [0.1, 0.15) is 16.9 Å². The number of hydrogen-bond acceptors (Lipinski definition) is 6. The largest absolute Gasteiger partial charge is 0.356 e. The van der Waals surface area contributed by atoms with E-state index in [1.54, 1.807) is 11.3 Å². The van der Waals surface area contributed by atoms with E-state index in [1.807, 2.05) is 35.8 Å². The number of carbonyl (C=O) groups is 1. The maximum atomic E-state index is 12.7. The van der Waals surface area contributed by atoms with Gasteiger partial charge in [-0.2, -0.15) is 0 Å². The van der Waals surface area contributed by atoms with E-state index in [9.17, 15) is 4.79 Å². The molecule has 3 aromatic rings. The van der Waals surface area contributed by atoms with Crippen LogP contribution in [0, 0.1) is 20.8 Å². The number of aromatic nitrogens is 3. The van der Waals surface area contributed by atoms with Gasteiger partial charge in [-0.25, -0.2) is 0 Å². The highest BCUT2D eigenvalue weighted by atomic mass is 35.5. The van der Waals surface area contributed by atoms with E-state index < -0.39 is 12.5 Å². The molecule has 0 saturated heterocycles. The molecule has 0 aliphatic carbocycles. The molecule has 0 unspecified atom stereocenters. The molecule has 2 aromatic heterocycles. The number of nitrogens with two attached hydrogens (primary N) is 1. The molecule has 0 spiro atoms. The Morgan fingerprint density at radius 2 is 2.00 bits per heavy atom. The summed E-state index contributed by atoms with van der Waals surface area (Å²) in [5.74, 6) is 1.07. The van der Waals surface area contributed by atoms with Gasteiger partial charge in [0.05, 0.1) is 12.1 Å². The van der Waals surface area contributed by atoms with Crippen LogP contribution in [0.25, 0.3) is 5.00 Å². The summed E-state index contributed by atoms with van der Waals surface area (Å²) in [6.45, 7) is 4.34. The number of thiophene rings is 1. The number of hydrogen-bond donors (Lipinski definition) is 2. The Balaban J connectivity index is 0.00000324. The summed E-state index contributed by atoms with van der Waals surface area (Å²) in [5.41, 5.74) is 9.19. The minimum atomic E-state index is -1.84. The summed E-state index contributed by atoms with van der Waals surface area (Å²) >= 11 is 7.77. The minimum Gasteiger partial charge on any atom is -0.356 e. The first kappa shape index (κ1) is 21.6. The second-order valence-electron chi connectivity index (χ2n) is 7.41. The molecule has 0 radical (unpaired) electrons. The fourth-order valence-electron chi connectivity index (χ4n) is 3.65. The quantitative estimate of drug-likeness (QED) is 0.539. The Hall–Kier alpha value is -2.26. The third-order valence-electron chi connectivity index (χ3n) is 5.33. The van der Waals surface area contributed by atoms with Crippen LogP contribution in [0.5, 0.6) is 0 Å². The number of aryl methyl sites for hydroxylation is 2. The highest BCUT2D eigenvalue weighted by molar-refractivity contribution is 7.15. The molecule has 0 bridgehead atoms. The SMILES string of the molecule is Cl.[2H]C([2H])(N)CCNC(=O)C[C@@H]1N=C(c2ccc(Cl)cc2)c2c(sc(C)c2C)-n2c(C)nnc21. The lowest BCUT2D eigenvalue weighted by Crippen LogP contribution is -2.27. The van der Waals surface area contributed by atoms with Crippen LogP contribution in [0.3, 0.4) is 0 Å². The average Bonchev–Trinajstić information content (AvgIpc) is 3.20. The van der Waals surface area contributed by atoms with Crippen LogP contribution in [0.1, 0.15) is 54.8 Å². The lowest BCUT2D eigenvalue weighted by atomic mass is 9.99. The second kappa shape index (κ2) is 10.1. The van der Waals surface area contributed by atoms with E-state index in [2.05, 4.69) is 29.4 Å². The molecule has 3 N–H and O–H groups in total. The molecule has 0 fully saturated rings. The average molecular weight is 495 g/mol. The van der Waals surface area contributed by atoms with Gasteiger partial charge in [0, 0.05) is 30.3 Å². The molecule has 1 amide bonds. The zero-order valence-corrected chi connectivity index (χ0v) is 20.4. The van der Waals surface area contributed by atoms with Crippen molar-refractivity contribution in [2.45, 2.75) is 39.7 Å². The van der Waals surface area contributed by atoms with Gasteiger partial charge in [-0.3, -0.25) is 14.4 Å². The monoisotopic (exact) mass is 494 g/mol. The molecular weight excluding hydrogens is 467 g/mol. The van der Waals surface area contributed by atoms with Crippen molar-refractivity contribution in [3.8, 4) is 5.00 Å². The first-order valence-electron chi connectivity index (χ1n) is 11.0. The Morgan fingerprint density at radius 1 is 1.28 bits per heavy atom. The maximum absolute atomic E-state index is 12.7. The van der Waals surface area contributed by atoms with Gasteiger partial charge in [0.25, 0.3) is 0 Å². The van der Waals surface area contributed by atoms with Gasteiger partial charge in [-0.15, -0.1) is 33.9 Å². The number of nitrogens with one attached hydrogen (secondary N) is 1. The van der Waals surface area contributed by atoms with Gasteiger partial charge in [-0.05, 0) is 51.4 Å². The first-order valence-corrected chi connectivity index (χ1v) is 11.2. The zero-order valence-electron chi connectivity index (χ0n) is 20.0. The molecule has 1 aromatic carbocycles. The zero-order chi connectivity index (χ0) is 23.9. The van der Waals surface area contributed by atoms with Crippen molar-refractivity contribution in [2.24, 2.45) is 10.7 Å². The van der Waals surface area contributed by atoms with E-state index in [4.69, 9.17) is 25.1 Å². The fourth-order valence-corrected chi connectivity index (χ4v) is 4.99. The van der Waals surface area contributed by atoms with Gasteiger partial charge in [0.15, 0.2) is 5.82 Å². The second-order valence-corrected chi connectivity index (χ2v) is 9.05. The highest BCUT2D eigenvalue weighted by Crippen LogP contribution is 2.39. The van der Waals surface area contributed by atoms with Gasteiger partial charge in [-0.1, -0.05) is 23.7 Å². The number of halogens is 2. The Bertz CT molecular complexity index is 1230. The normalized spacial score (nSPS) is 16.0. The minimum absolute atomic E-state index is 0. The molecule has 3 heterocycles. The summed E-state index contributed by atoms with van der Waals surface area (Å²) in [6.07, 6.45) is 0.0729. The molecule has 1 aliphatic rings. The number of fused-ring (bicyclic) bond motifs is 3. The fraction of sp³-hybridized carbons (Fsp3) is 0.364. The number of carbonyl (C=O) groups excluding carboxylic acids is 1. The predicted octanol–water partition coefficient (Wildman–Crippen LogP) is 4.08. The summed E-state index contributed by atoms with van der Waals surface area (Å²) in [4.78, 5) is 18.9. The van der Waals surface area contributed by atoms with Crippen LogP contribution in [0.15, 0.2) is 29.3 Å². The van der Waals surface area contributed by atoms with Crippen LogP contribution >= 0.6 is 35.3 Å². The molecular formula is C22H26Cl2N6OS. The van der Waals surface area contributed by atoms with E-state index in [-0.39, 0.29) is 37.7 Å². The van der Waals surface area contributed by atoms with Crippen LogP contribution in [-0.4, -0.2) is 39.4 Å². The molecule has 10 heteroatoms. The summed E-state index contributed by atoms with van der Waals surface area (Å²) in [5, 5.41) is 13.0. The van der Waals surface area contributed by atoms with Gasteiger partial charge >= 0.3 is 0 Å². The maximum Gasteiger partial charge on any atom is 0.222 e. The summed E-state index contributed by atoms with van der Waals surface area (Å²) < 4.78 is 16.8. The smallest absolute Gasteiger partial charge is 0.222 e. The van der Waals surface area contributed by atoms with Crippen molar-refractivity contribution < 1.29 is 7.54 Å². The van der Waals surface area contributed by atoms with Crippen LogP contribution in [-0.2, 0) is 4.79 Å². The van der Waals surface area contributed by atoms with Crippen LogP contribution in [0.4, 0.5) is 0 Å². The van der Waals surface area contributed by atoms with Crippen LogP contribution < -0.4 is 11.1 Å². The molecule has 1 aliphatic heterocycles. The lowest BCUT2D eigenvalue weighted by molar-refractivity contribution is -0.121. The van der Waals surface area contributed by atoms with E-state index in [1.165, 1.54) is 4.88 Å². The van der Waals surface area contributed by atoms with Crippen molar-refractivity contribution in [1.29, 1.82) is 0 Å².